The molecule has 1 aliphatic rings. The largest absolute Gasteiger partial charge is 0.299 e. The Morgan fingerprint density at radius 2 is 0.847 bits per heavy atom. The van der Waals surface area contributed by atoms with Gasteiger partial charge in [0.2, 0.25) is 0 Å². The van der Waals surface area contributed by atoms with E-state index in [0.717, 1.165) is 0 Å². The van der Waals surface area contributed by atoms with E-state index in [1.54, 1.807) is 11.8 Å². The third-order valence-electron chi connectivity index (χ3n) is 9.54. The first kappa shape index (κ1) is 55.4. The normalized spacial score (nSPS) is 17.0. The summed E-state index contributed by atoms with van der Waals surface area (Å²) >= 11 is 0. The van der Waals surface area contributed by atoms with E-state index >= 15 is 0 Å². The summed E-state index contributed by atoms with van der Waals surface area (Å²) in [4.78, 5) is 132. The standard InChI is InChI=1S/C22H38N4O5.C20H35N3O5/c1-17(27)12-23-6-7-24(13-18(2)28)10-11-26(15-20(4)30)22(21(5)31)16-25(9-8-23)14-19(3)29;1-7-21(10-15(2)24)8-9-22(11-16(3)25)14-20(19(6)28)23(12-17(4)26)13-18(5)27/h22H,6-16H2,1-5H3;20H,7-14H2,1-6H3. The molecule has 0 bridgehead atoms. The molecule has 0 aliphatic carbocycles. The highest BCUT2D eigenvalue weighted by molar-refractivity contribution is 5.86. The van der Waals surface area contributed by atoms with Gasteiger partial charge in [-0.1, -0.05) is 6.92 Å². The summed E-state index contributed by atoms with van der Waals surface area (Å²) in [5.74, 6) is -0.416. The molecule has 1 aliphatic heterocycles. The van der Waals surface area contributed by atoms with Crippen LogP contribution in [0.25, 0.3) is 0 Å². The fraction of sp³-hybridized carbons (Fsp3) is 0.762. The fourth-order valence-electron chi connectivity index (χ4n) is 7.02. The van der Waals surface area contributed by atoms with Crippen LogP contribution in [-0.2, 0) is 47.9 Å². The maximum absolute atomic E-state index is 12.5. The van der Waals surface area contributed by atoms with Crippen molar-refractivity contribution in [3.63, 3.8) is 0 Å². The van der Waals surface area contributed by atoms with Gasteiger partial charge in [0, 0.05) is 65.4 Å². The number of carbonyl (C=O) groups excluding carboxylic acids is 10. The van der Waals surface area contributed by atoms with E-state index in [9.17, 15) is 47.9 Å². The smallest absolute Gasteiger partial charge is 0.148 e. The van der Waals surface area contributed by atoms with Crippen LogP contribution in [-0.4, -0.2) is 229 Å². The van der Waals surface area contributed by atoms with Gasteiger partial charge in [-0.25, -0.2) is 0 Å². The Bertz CT molecular complexity index is 1440. The molecular weight excluding hydrogens is 763 g/mol. The Morgan fingerprint density at radius 3 is 1.22 bits per heavy atom. The van der Waals surface area contributed by atoms with Crippen LogP contribution in [0.1, 0.15) is 76.2 Å². The molecule has 0 saturated carbocycles. The number of hydrogen-bond donors (Lipinski definition) is 0. The third-order valence-corrected chi connectivity index (χ3v) is 9.54. The molecule has 0 aromatic heterocycles. The first-order chi connectivity index (χ1) is 27.4. The molecule has 0 spiro atoms. The minimum Gasteiger partial charge on any atom is -0.299 e. The lowest BCUT2D eigenvalue weighted by Gasteiger charge is -2.37. The Hall–Kier alpha value is -3.58. The maximum Gasteiger partial charge on any atom is 0.148 e. The Balaban J connectivity index is 0.00000115. The summed E-state index contributed by atoms with van der Waals surface area (Å²) in [7, 11) is 0. The van der Waals surface area contributed by atoms with Gasteiger partial charge in [-0.05, 0) is 75.8 Å². The fourth-order valence-corrected chi connectivity index (χ4v) is 7.02. The SMILES string of the molecule is CC(=O)CN1CCN(CC(C)=O)CCN(CC(C)=O)C(C(C)=O)CN(CC(C)=O)CC1.CCN(CCN(CC(C)=O)CC(C(C)=O)N(CC(C)=O)CC(C)=O)CC(C)=O. The lowest BCUT2D eigenvalue weighted by atomic mass is 10.1. The summed E-state index contributed by atoms with van der Waals surface area (Å²) in [6.45, 7) is 23.9. The number of hydrogen-bond acceptors (Lipinski definition) is 17. The molecule has 0 aromatic carbocycles. The van der Waals surface area contributed by atoms with E-state index < -0.39 is 12.1 Å². The van der Waals surface area contributed by atoms with Crippen molar-refractivity contribution >= 4 is 57.8 Å². The monoisotopic (exact) mass is 836 g/mol. The van der Waals surface area contributed by atoms with Crippen LogP contribution in [0.15, 0.2) is 0 Å². The van der Waals surface area contributed by atoms with Gasteiger partial charge in [0.05, 0.1) is 64.4 Å². The molecule has 1 rings (SSSR count). The van der Waals surface area contributed by atoms with E-state index in [1.807, 2.05) is 36.3 Å². The van der Waals surface area contributed by atoms with Crippen molar-refractivity contribution in [2.24, 2.45) is 0 Å². The van der Waals surface area contributed by atoms with Crippen LogP contribution in [0, 0.1) is 0 Å². The van der Waals surface area contributed by atoms with E-state index in [0.29, 0.717) is 78.5 Å². The van der Waals surface area contributed by atoms with E-state index in [-0.39, 0.29) is 104 Å². The van der Waals surface area contributed by atoms with Gasteiger partial charge in [0.1, 0.15) is 57.8 Å². The van der Waals surface area contributed by atoms with Crippen LogP contribution in [0.4, 0.5) is 0 Å². The highest BCUT2D eigenvalue weighted by Gasteiger charge is 2.30. The van der Waals surface area contributed by atoms with Crippen LogP contribution in [0.2, 0.25) is 0 Å². The minimum absolute atomic E-state index is 0.00161. The number of rotatable bonds is 25. The maximum atomic E-state index is 12.5. The van der Waals surface area contributed by atoms with Gasteiger partial charge < -0.3 is 0 Å². The molecule has 1 heterocycles. The second-order valence-corrected chi connectivity index (χ2v) is 16.1. The van der Waals surface area contributed by atoms with Crippen molar-refractivity contribution < 1.29 is 47.9 Å². The molecule has 336 valence electrons. The third kappa shape index (κ3) is 27.0. The number of carbonyl (C=O) groups is 10. The molecule has 0 amide bonds. The highest BCUT2D eigenvalue weighted by atomic mass is 16.2. The van der Waals surface area contributed by atoms with Crippen molar-refractivity contribution in [2.75, 3.05) is 124 Å². The molecule has 1 fully saturated rings. The second-order valence-electron chi connectivity index (χ2n) is 16.1. The molecular formula is C42H73N7O10. The van der Waals surface area contributed by atoms with Gasteiger partial charge in [-0.2, -0.15) is 0 Å². The number of Topliss-reactive ketones (excluding diaryl/α,β-unsaturated/α-hetero) is 10. The van der Waals surface area contributed by atoms with Crippen molar-refractivity contribution in [2.45, 2.75) is 88.2 Å². The predicted octanol–water partition coefficient (Wildman–Crippen LogP) is -0.252. The van der Waals surface area contributed by atoms with Crippen LogP contribution in [0.3, 0.4) is 0 Å². The zero-order chi connectivity index (χ0) is 45.4. The van der Waals surface area contributed by atoms with Crippen molar-refractivity contribution in [3.8, 4) is 0 Å². The molecule has 2 atom stereocenters. The van der Waals surface area contributed by atoms with Gasteiger partial charge in [0.15, 0.2) is 0 Å². The molecule has 0 aromatic rings. The number of nitrogens with zero attached hydrogens (tertiary/aromatic N) is 7. The molecule has 0 N–H and O–H groups in total. The summed E-state index contributed by atoms with van der Waals surface area (Å²) in [5.41, 5.74) is 0. The van der Waals surface area contributed by atoms with Gasteiger partial charge in [0.25, 0.3) is 0 Å². The van der Waals surface area contributed by atoms with Gasteiger partial charge in [-0.15, -0.1) is 0 Å². The zero-order valence-corrected chi connectivity index (χ0v) is 37.8. The lowest BCUT2D eigenvalue weighted by molar-refractivity contribution is -0.129. The van der Waals surface area contributed by atoms with Crippen LogP contribution < -0.4 is 0 Å². The lowest BCUT2D eigenvalue weighted by Crippen LogP contribution is -2.54. The molecule has 59 heavy (non-hydrogen) atoms. The van der Waals surface area contributed by atoms with E-state index in [4.69, 9.17) is 0 Å². The molecule has 2 unspecified atom stereocenters. The van der Waals surface area contributed by atoms with E-state index in [2.05, 4.69) is 0 Å². The first-order valence-corrected chi connectivity index (χ1v) is 20.5. The van der Waals surface area contributed by atoms with Crippen LogP contribution in [0.5, 0.6) is 0 Å². The Morgan fingerprint density at radius 1 is 0.475 bits per heavy atom. The minimum atomic E-state index is -0.657. The predicted molar refractivity (Wildman–Crippen MR) is 225 cm³/mol. The average Bonchev–Trinajstić information content (AvgIpc) is 3.07. The van der Waals surface area contributed by atoms with Crippen molar-refractivity contribution in [3.05, 3.63) is 0 Å². The van der Waals surface area contributed by atoms with Gasteiger partial charge >= 0.3 is 0 Å². The van der Waals surface area contributed by atoms with Gasteiger partial charge in [-0.3, -0.25) is 82.2 Å². The molecule has 17 nitrogen and oxygen atoms in total. The number of likely N-dealkylation sites (N-methyl/N-ethyl adjacent to an activating group) is 1. The molecule has 1 saturated heterocycles. The van der Waals surface area contributed by atoms with E-state index in [1.165, 1.54) is 62.3 Å². The molecule has 17 heteroatoms. The molecule has 0 radical (unpaired) electrons. The first-order valence-electron chi connectivity index (χ1n) is 20.5. The van der Waals surface area contributed by atoms with Crippen molar-refractivity contribution in [1.82, 2.24) is 34.3 Å². The summed E-state index contributed by atoms with van der Waals surface area (Å²) in [5, 5.41) is 0. The average molecular weight is 836 g/mol. The summed E-state index contributed by atoms with van der Waals surface area (Å²) < 4.78 is 0. The quantitative estimate of drug-likeness (QED) is 0.117. The second kappa shape index (κ2) is 29.6. The number of ketones is 10. The highest BCUT2D eigenvalue weighted by Crippen LogP contribution is 2.10. The Kier molecular flexibility index (Phi) is 27.8. The van der Waals surface area contributed by atoms with Crippen LogP contribution >= 0.6 is 0 Å². The topological polar surface area (TPSA) is 193 Å². The summed E-state index contributed by atoms with van der Waals surface area (Å²) in [6, 6.07) is -1.18. The summed E-state index contributed by atoms with van der Waals surface area (Å²) in [6.07, 6.45) is 0. The van der Waals surface area contributed by atoms with Crippen molar-refractivity contribution in [1.29, 1.82) is 0 Å². The Labute approximate surface area is 352 Å². The zero-order valence-electron chi connectivity index (χ0n) is 37.8.